The van der Waals surface area contributed by atoms with E-state index in [9.17, 15) is 18.0 Å². The van der Waals surface area contributed by atoms with Gasteiger partial charge in [-0.15, -0.1) is 0 Å². The van der Waals surface area contributed by atoms with Gasteiger partial charge in [-0.2, -0.15) is 4.31 Å². The number of rotatable bonds is 7. The van der Waals surface area contributed by atoms with E-state index in [2.05, 4.69) is 10.6 Å². The first-order valence-corrected chi connectivity index (χ1v) is 12.6. The summed E-state index contributed by atoms with van der Waals surface area (Å²) in [7, 11) is -3.64. The molecule has 2 fully saturated rings. The van der Waals surface area contributed by atoms with Crippen molar-refractivity contribution in [2.45, 2.75) is 42.7 Å². The average molecular weight is 476 g/mol. The van der Waals surface area contributed by atoms with Crippen molar-refractivity contribution in [2.75, 3.05) is 13.1 Å². The second-order valence-corrected chi connectivity index (χ2v) is 10.7. The number of amides is 2. The highest BCUT2D eigenvalue weighted by Crippen LogP contribution is 2.28. The highest BCUT2D eigenvalue weighted by Gasteiger charge is 2.37. The van der Waals surface area contributed by atoms with Gasteiger partial charge in [0, 0.05) is 29.7 Å². The Balaban J connectivity index is 1.45. The standard InChI is InChI=1S/C23H26ClN3O4S/c24-18-6-10-20(11-7-18)32(30,31)27-14-12-16(13-15-27)21(23(29)25-19-8-9-19)26-22(28)17-4-2-1-3-5-17/h1-7,10-11,16,19,21H,8-9,12-15H2,(H,25,29)(H,26,28)/t21-/m0/s1. The van der Waals surface area contributed by atoms with Crippen molar-refractivity contribution in [1.29, 1.82) is 0 Å². The molecular formula is C23H26ClN3O4S. The third kappa shape index (κ3) is 5.31. The van der Waals surface area contributed by atoms with Crippen LogP contribution in [0.5, 0.6) is 0 Å². The van der Waals surface area contributed by atoms with Crippen LogP contribution < -0.4 is 10.6 Å². The third-order valence-corrected chi connectivity index (χ3v) is 8.12. The van der Waals surface area contributed by atoms with Gasteiger partial charge in [-0.1, -0.05) is 29.8 Å². The molecule has 2 aliphatic rings. The number of carbonyl (C=O) groups excluding carboxylic acids is 2. The highest BCUT2D eigenvalue weighted by molar-refractivity contribution is 7.89. The van der Waals surface area contributed by atoms with Crippen LogP contribution in [-0.2, 0) is 14.8 Å². The van der Waals surface area contributed by atoms with Gasteiger partial charge in [0.2, 0.25) is 15.9 Å². The van der Waals surface area contributed by atoms with E-state index in [1.165, 1.54) is 16.4 Å². The SMILES string of the molecule is O=C(N[C@H](C(=O)NC1CC1)C1CCN(S(=O)(=O)c2ccc(Cl)cc2)CC1)c1ccccc1. The predicted molar refractivity (Wildman–Crippen MR) is 122 cm³/mol. The molecule has 1 heterocycles. The lowest BCUT2D eigenvalue weighted by Crippen LogP contribution is -2.54. The van der Waals surface area contributed by atoms with Crippen LogP contribution in [-0.4, -0.2) is 49.7 Å². The summed E-state index contributed by atoms with van der Waals surface area (Å²) in [5.41, 5.74) is 0.486. The van der Waals surface area contributed by atoms with Gasteiger partial charge in [0.25, 0.3) is 5.91 Å². The Morgan fingerprint density at radius 2 is 1.56 bits per heavy atom. The minimum Gasteiger partial charge on any atom is -0.352 e. The van der Waals surface area contributed by atoms with E-state index >= 15 is 0 Å². The lowest BCUT2D eigenvalue weighted by molar-refractivity contribution is -0.124. The molecule has 32 heavy (non-hydrogen) atoms. The number of hydrogen-bond acceptors (Lipinski definition) is 4. The average Bonchev–Trinajstić information content (AvgIpc) is 3.62. The van der Waals surface area contributed by atoms with Crippen LogP contribution in [0.3, 0.4) is 0 Å². The van der Waals surface area contributed by atoms with Crippen LogP contribution in [0.2, 0.25) is 5.02 Å². The number of benzene rings is 2. The van der Waals surface area contributed by atoms with Crippen molar-refractivity contribution < 1.29 is 18.0 Å². The molecule has 0 unspecified atom stereocenters. The minimum atomic E-state index is -3.64. The summed E-state index contributed by atoms with van der Waals surface area (Å²) < 4.78 is 27.4. The van der Waals surface area contributed by atoms with Gasteiger partial charge >= 0.3 is 0 Å². The first-order valence-electron chi connectivity index (χ1n) is 10.8. The van der Waals surface area contributed by atoms with Crippen molar-refractivity contribution in [3.8, 4) is 0 Å². The van der Waals surface area contributed by atoms with Crippen molar-refractivity contribution in [1.82, 2.24) is 14.9 Å². The van der Waals surface area contributed by atoms with Crippen LogP contribution >= 0.6 is 11.6 Å². The highest BCUT2D eigenvalue weighted by atomic mass is 35.5. The summed E-state index contributed by atoms with van der Waals surface area (Å²) in [5.74, 6) is -0.661. The summed E-state index contributed by atoms with van der Waals surface area (Å²) in [5, 5.41) is 6.35. The maximum absolute atomic E-state index is 13.0. The summed E-state index contributed by atoms with van der Waals surface area (Å²) in [6.45, 7) is 0.564. The van der Waals surface area contributed by atoms with Crippen molar-refractivity contribution >= 4 is 33.4 Å². The molecule has 4 rings (SSSR count). The molecule has 1 aliphatic carbocycles. The van der Waals surface area contributed by atoms with Gasteiger partial charge in [-0.05, 0) is 68.0 Å². The van der Waals surface area contributed by atoms with Gasteiger partial charge < -0.3 is 10.6 Å². The Morgan fingerprint density at radius 3 is 2.16 bits per heavy atom. The zero-order valence-electron chi connectivity index (χ0n) is 17.5. The van der Waals surface area contributed by atoms with Gasteiger partial charge in [-0.25, -0.2) is 8.42 Å². The number of sulfonamides is 1. The van der Waals surface area contributed by atoms with Gasteiger partial charge in [0.15, 0.2) is 0 Å². The first-order chi connectivity index (χ1) is 15.3. The van der Waals surface area contributed by atoms with E-state index in [0.29, 0.717) is 23.4 Å². The van der Waals surface area contributed by atoms with Crippen LogP contribution in [0.4, 0.5) is 0 Å². The van der Waals surface area contributed by atoms with E-state index < -0.39 is 16.1 Å². The minimum absolute atomic E-state index is 0.155. The Morgan fingerprint density at radius 1 is 0.938 bits per heavy atom. The second kappa shape index (κ2) is 9.60. The smallest absolute Gasteiger partial charge is 0.251 e. The van der Waals surface area contributed by atoms with Gasteiger partial charge in [-0.3, -0.25) is 9.59 Å². The molecule has 9 heteroatoms. The Labute approximate surface area is 193 Å². The van der Waals surface area contributed by atoms with Crippen molar-refractivity contribution in [2.24, 2.45) is 5.92 Å². The maximum atomic E-state index is 13.0. The molecule has 1 atom stereocenters. The fraction of sp³-hybridized carbons (Fsp3) is 0.391. The molecule has 2 amide bonds. The number of piperidine rings is 1. The zero-order valence-corrected chi connectivity index (χ0v) is 19.1. The third-order valence-electron chi connectivity index (χ3n) is 5.95. The Kier molecular flexibility index (Phi) is 6.83. The summed E-state index contributed by atoms with van der Waals surface area (Å²) in [4.78, 5) is 25.8. The number of halogens is 1. The van der Waals surface area contributed by atoms with Crippen LogP contribution in [0.15, 0.2) is 59.5 Å². The largest absolute Gasteiger partial charge is 0.352 e. The fourth-order valence-electron chi connectivity index (χ4n) is 3.94. The topological polar surface area (TPSA) is 95.6 Å². The molecule has 2 aromatic carbocycles. The number of carbonyl (C=O) groups is 2. The summed E-state index contributed by atoms with van der Waals surface area (Å²) in [6.07, 6.45) is 2.85. The Bertz CT molecular complexity index is 1060. The molecule has 2 N–H and O–H groups in total. The van der Waals surface area contributed by atoms with Crippen LogP contribution in [0, 0.1) is 5.92 Å². The van der Waals surface area contributed by atoms with E-state index in [0.717, 1.165) is 12.8 Å². The van der Waals surface area contributed by atoms with Gasteiger partial charge in [0.1, 0.15) is 6.04 Å². The molecule has 7 nitrogen and oxygen atoms in total. The molecule has 1 saturated carbocycles. The van der Waals surface area contributed by atoms with E-state index in [4.69, 9.17) is 11.6 Å². The Hall–Kier alpha value is -2.42. The second-order valence-electron chi connectivity index (χ2n) is 8.30. The quantitative estimate of drug-likeness (QED) is 0.643. The molecule has 0 spiro atoms. The lowest BCUT2D eigenvalue weighted by atomic mass is 9.89. The summed E-state index contributed by atoms with van der Waals surface area (Å²) in [6, 6.07) is 14.3. The molecule has 2 aromatic rings. The monoisotopic (exact) mass is 475 g/mol. The lowest BCUT2D eigenvalue weighted by Gasteiger charge is -2.35. The van der Waals surface area contributed by atoms with Crippen molar-refractivity contribution in [3.05, 3.63) is 65.2 Å². The number of nitrogens with zero attached hydrogens (tertiary/aromatic N) is 1. The molecular weight excluding hydrogens is 450 g/mol. The summed E-state index contributed by atoms with van der Waals surface area (Å²) >= 11 is 5.88. The van der Waals surface area contributed by atoms with Crippen LogP contribution in [0.1, 0.15) is 36.0 Å². The first kappa shape index (κ1) is 22.8. The van der Waals surface area contributed by atoms with Crippen LogP contribution in [0.25, 0.3) is 0 Å². The predicted octanol–water partition coefficient (Wildman–Crippen LogP) is 2.82. The molecule has 170 valence electrons. The van der Waals surface area contributed by atoms with Gasteiger partial charge in [0.05, 0.1) is 4.90 Å². The molecule has 0 aromatic heterocycles. The molecule has 1 aliphatic heterocycles. The zero-order chi connectivity index (χ0) is 22.7. The number of nitrogens with one attached hydrogen (secondary N) is 2. The van der Waals surface area contributed by atoms with Crippen molar-refractivity contribution in [3.63, 3.8) is 0 Å². The molecule has 0 radical (unpaired) electrons. The normalized spacial score (nSPS) is 18.7. The maximum Gasteiger partial charge on any atom is 0.251 e. The van der Waals surface area contributed by atoms with E-state index in [1.807, 2.05) is 6.07 Å². The molecule has 1 saturated heterocycles. The molecule has 0 bridgehead atoms. The van der Waals surface area contributed by atoms with E-state index in [1.54, 1.807) is 36.4 Å². The number of hydrogen-bond donors (Lipinski definition) is 2. The fourth-order valence-corrected chi connectivity index (χ4v) is 5.53. The van der Waals surface area contributed by atoms with E-state index in [-0.39, 0.29) is 41.8 Å².